The Morgan fingerprint density at radius 3 is 0.417 bits per heavy atom. The molecule has 0 rings (SSSR count). The second-order valence-electron chi connectivity index (χ2n) is 0. The van der Waals surface area contributed by atoms with Gasteiger partial charge < -0.3 is 0 Å². The Hall–Kier alpha value is 0.787. The quantitative estimate of drug-likeness (QED) is 0.281. The summed E-state index contributed by atoms with van der Waals surface area (Å²) >= 11 is 0. The summed E-state index contributed by atoms with van der Waals surface area (Å²) in [6.07, 6.45) is 0. The molecule has 0 fully saturated rings. The molecule has 0 saturated carbocycles. The molecule has 4 nitrogen and oxygen atoms in total. The molecule has 0 spiro atoms. The summed E-state index contributed by atoms with van der Waals surface area (Å²) in [5.74, 6) is 0. The average molecular weight is 393 g/mol. The van der Waals surface area contributed by atoms with Gasteiger partial charge in [-0.3, -0.25) is 0 Å². The normalized spacial score (nSPS) is 0.667. The molecule has 8 heteroatoms. The van der Waals surface area contributed by atoms with Crippen molar-refractivity contribution in [2.75, 3.05) is 0 Å². The summed E-state index contributed by atoms with van der Waals surface area (Å²) in [5, 5.41) is 0. The summed E-state index contributed by atoms with van der Waals surface area (Å²) in [5.41, 5.74) is 0. The monoisotopic (exact) mass is 392 g/mol. The van der Waals surface area contributed by atoms with E-state index < -0.39 is 0 Å². The van der Waals surface area contributed by atoms with Crippen molar-refractivity contribution in [3.05, 3.63) is 26.6 Å². The Bertz CT molecular complexity index is 66.0. The molecular formula is C4H4Cl2O4Rh2+2. The van der Waals surface area contributed by atoms with Gasteiger partial charge in [0, 0.05) is 39.0 Å². The summed E-state index contributed by atoms with van der Waals surface area (Å²) in [6, 6.07) is 0. The second kappa shape index (κ2) is 2220. The van der Waals surface area contributed by atoms with Gasteiger partial charge in [-0.25, -0.2) is 0 Å². The molecule has 74 valence electrons. The molecule has 0 aromatic heterocycles. The smallest absolute Gasteiger partial charge is 0 e. The first kappa shape index (κ1) is 77.5. The van der Waals surface area contributed by atoms with E-state index in [2.05, 4.69) is 26.6 Å². The molecule has 12 heavy (non-hydrogen) atoms. The van der Waals surface area contributed by atoms with Crippen LogP contribution in [0.3, 0.4) is 0 Å². The molecule has 0 aliphatic heterocycles. The maximum Gasteiger partial charge on any atom is 0.0903 e. The van der Waals surface area contributed by atoms with Gasteiger partial charge in [-0.05, 0) is 0 Å². The zero-order chi connectivity index (χ0) is 8.00. The van der Waals surface area contributed by atoms with Crippen LogP contribution < -0.4 is 0 Å². The number of hydrogen-bond acceptors (Lipinski definition) is 0. The van der Waals surface area contributed by atoms with Crippen molar-refractivity contribution in [1.29, 1.82) is 0 Å². The van der Waals surface area contributed by atoms with E-state index >= 15 is 0 Å². The summed E-state index contributed by atoms with van der Waals surface area (Å²) in [4.78, 5) is 0. The Labute approximate surface area is 108 Å². The summed E-state index contributed by atoms with van der Waals surface area (Å²) in [7, 11) is 0. The molecule has 0 bridgehead atoms. The fourth-order valence-electron chi connectivity index (χ4n) is 0. The van der Waals surface area contributed by atoms with Gasteiger partial charge in [0.05, 0.1) is 24.8 Å². The Morgan fingerprint density at radius 1 is 0.417 bits per heavy atom. The van der Waals surface area contributed by atoms with Crippen molar-refractivity contribution in [3.63, 3.8) is 0 Å². The molecule has 0 aliphatic carbocycles. The van der Waals surface area contributed by atoms with E-state index in [1.807, 2.05) is 0 Å². The third-order valence-electron chi connectivity index (χ3n) is 0. The summed E-state index contributed by atoms with van der Waals surface area (Å²) < 4.78 is 30.0. The minimum atomic E-state index is 0. The van der Waals surface area contributed by atoms with Crippen LogP contribution in [-0.4, -0.2) is 0 Å². The van der Waals surface area contributed by atoms with Gasteiger partial charge in [-0.1, -0.05) is 0 Å². The SMILES string of the molecule is [C-]#[O+].[C-]#[O+].[C-]#[O+].[C-]#[O+].[ClH2+].[ClH2+].[Rh].[Rh]. The van der Waals surface area contributed by atoms with E-state index in [9.17, 15) is 0 Å². The zero-order valence-electron chi connectivity index (χ0n) is 5.19. The fraction of sp³-hybridized carbons (Fsp3) is 0. The molecule has 0 saturated heterocycles. The third kappa shape index (κ3) is 1670. The number of halogens is 2. The van der Waals surface area contributed by atoms with Crippen LogP contribution in [0.4, 0.5) is 0 Å². The van der Waals surface area contributed by atoms with E-state index in [0.717, 1.165) is 0 Å². The number of rotatable bonds is 0. The predicted molar refractivity (Wildman–Crippen MR) is 21.3 cm³/mol. The van der Waals surface area contributed by atoms with Crippen molar-refractivity contribution in [2.45, 2.75) is 0 Å². The van der Waals surface area contributed by atoms with Gasteiger partial charge in [-0.2, -0.15) is 0 Å². The molecule has 0 atom stereocenters. The molecule has 2 radical (unpaired) electrons. The van der Waals surface area contributed by atoms with Crippen LogP contribution in [-0.2, 0) is 57.6 Å². The molecule has 0 N–H and O–H groups in total. The molecule has 0 aromatic carbocycles. The molecule has 0 unspecified atom stereocenters. The fourth-order valence-corrected chi connectivity index (χ4v) is 0. The largest absolute Gasteiger partial charge is 0.0903 e. The number of hydrogen-bond donors (Lipinski definition) is 0. The van der Waals surface area contributed by atoms with Gasteiger partial charge in [0.2, 0.25) is 0 Å². The van der Waals surface area contributed by atoms with Gasteiger partial charge >= 0.3 is 45.2 Å². The van der Waals surface area contributed by atoms with Crippen LogP contribution in [0.15, 0.2) is 0 Å². The van der Waals surface area contributed by atoms with E-state index in [0.29, 0.717) is 0 Å². The van der Waals surface area contributed by atoms with E-state index in [1.165, 1.54) is 0 Å². The topological polar surface area (TPSA) is 79.6 Å². The van der Waals surface area contributed by atoms with E-state index in [-0.39, 0.29) is 63.8 Å². The van der Waals surface area contributed by atoms with Crippen molar-refractivity contribution < 1.29 is 82.4 Å². The van der Waals surface area contributed by atoms with Crippen LogP contribution in [0.25, 0.3) is 0 Å². The zero-order valence-corrected chi connectivity index (χ0v) is 10.3. The molecular weight excluding hydrogens is 389 g/mol. The van der Waals surface area contributed by atoms with Gasteiger partial charge in [0.15, 0.2) is 0 Å². The summed E-state index contributed by atoms with van der Waals surface area (Å²) in [6.45, 7) is 18.0. The minimum absolute atomic E-state index is 0. The first-order valence-corrected chi connectivity index (χ1v) is 0.816. The van der Waals surface area contributed by atoms with Crippen molar-refractivity contribution in [3.8, 4) is 0 Å². The molecule has 0 aliphatic rings. The van der Waals surface area contributed by atoms with Gasteiger partial charge in [0.25, 0.3) is 0 Å². The maximum atomic E-state index is 7.50. The van der Waals surface area contributed by atoms with Crippen molar-refractivity contribution in [2.24, 2.45) is 0 Å². The first-order chi connectivity index (χ1) is 4.00. The minimum Gasteiger partial charge on any atom is 0 e. The standard InChI is InChI=1S/4CO.2ClH2.2Rh/c4*1-2;;;;/h;;;;2*1H2;;/q;;;;2*+1;;. The van der Waals surface area contributed by atoms with E-state index in [4.69, 9.17) is 18.6 Å². The molecule has 0 heterocycles. The van der Waals surface area contributed by atoms with Gasteiger partial charge in [-0.15, -0.1) is 0 Å². The first-order valence-electron chi connectivity index (χ1n) is 0.816. The van der Waals surface area contributed by atoms with Gasteiger partial charge in [0.1, 0.15) is 0 Å². The van der Waals surface area contributed by atoms with Crippen LogP contribution in [0.2, 0.25) is 0 Å². The molecule has 0 amide bonds. The van der Waals surface area contributed by atoms with Crippen LogP contribution in [0.5, 0.6) is 0 Å². The van der Waals surface area contributed by atoms with Crippen LogP contribution >= 0.6 is 0 Å². The Morgan fingerprint density at radius 2 is 0.417 bits per heavy atom. The Balaban J connectivity index is -0.00000000267. The average Bonchev–Trinajstić information content (AvgIpc) is 2.03. The Kier molecular flexibility index (Phi) is 14300. The van der Waals surface area contributed by atoms with Crippen molar-refractivity contribution >= 4 is 0 Å². The second-order valence-corrected chi connectivity index (χ2v) is 0. The molecule has 0 aromatic rings. The third-order valence-corrected chi connectivity index (χ3v) is 0. The maximum absolute atomic E-state index is 7.50. The van der Waals surface area contributed by atoms with Crippen molar-refractivity contribution in [1.82, 2.24) is 0 Å². The van der Waals surface area contributed by atoms with Crippen LogP contribution in [0, 0.1) is 51.4 Å². The predicted octanol–water partition coefficient (Wildman–Crippen LogP) is -1.23. The van der Waals surface area contributed by atoms with E-state index in [1.54, 1.807) is 0 Å². The van der Waals surface area contributed by atoms with Crippen LogP contribution in [0.1, 0.15) is 0 Å².